The molecule has 0 spiro atoms. The summed E-state index contributed by atoms with van der Waals surface area (Å²) in [4.78, 5) is 2.64. The van der Waals surface area contributed by atoms with E-state index in [1.807, 2.05) is 0 Å². The smallest absolute Gasteiger partial charge is 0.0765 e. The van der Waals surface area contributed by atoms with Gasteiger partial charge in [-0.2, -0.15) is 0 Å². The van der Waals surface area contributed by atoms with Crippen molar-refractivity contribution >= 4 is 22.7 Å². The van der Waals surface area contributed by atoms with Gasteiger partial charge in [-0.15, -0.1) is 22.7 Å². The summed E-state index contributed by atoms with van der Waals surface area (Å²) in [6.07, 6.45) is 0. The fourth-order valence-corrected chi connectivity index (χ4v) is 3.40. The van der Waals surface area contributed by atoms with Gasteiger partial charge < -0.3 is 15.2 Å². The molecule has 2 rings (SSSR count). The van der Waals surface area contributed by atoms with E-state index in [-0.39, 0.29) is 12.6 Å². The molecule has 0 bridgehead atoms. The molecule has 0 unspecified atom stereocenters. The van der Waals surface area contributed by atoms with Gasteiger partial charge in [0.1, 0.15) is 0 Å². The Hall–Kier alpha value is -0.720. The zero-order valence-electron chi connectivity index (χ0n) is 10.0. The molecule has 0 atom stereocenters. The van der Waals surface area contributed by atoms with Crippen LogP contribution in [-0.2, 0) is 4.74 Å². The van der Waals surface area contributed by atoms with E-state index in [1.165, 1.54) is 9.75 Å². The summed E-state index contributed by atoms with van der Waals surface area (Å²) >= 11 is 3.52. The van der Waals surface area contributed by atoms with Gasteiger partial charge in [-0.05, 0) is 22.9 Å². The molecule has 0 fully saturated rings. The highest BCUT2D eigenvalue weighted by Crippen LogP contribution is 2.28. The fourth-order valence-electron chi connectivity index (χ4n) is 1.69. The second-order valence-electron chi connectivity index (χ2n) is 3.75. The summed E-state index contributed by atoms with van der Waals surface area (Å²) in [7, 11) is 0. The van der Waals surface area contributed by atoms with Gasteiger partial charge in [-0.25, -0.2) is 0 Å². The van der Waals surface area contributed by atoms with E-state index < -0.39 is 0 Å². The highest BCUT2D eigenvalue weighted by Gasteiger charge is 2.14. The molecule has 2 heterocycles. The quantitative estimate of drug-likeness (QED) is 0.731. The third-order valence-electron chi connectivity index (χ3n) is 2.49. The molecule has 0 amide bonds. The first-order valence-corrected chi connectivity index (χ1v) is 7.66. The lowest BCUT2D eigenvalue weighted by Gasteiger charge is -2.16. The SMILES string of the molecule is OCCOCCNC(c1cccs1)c1cccs1. The zero-order chi connectivity index (χ0) is 12.6. The number of nitrogens with one attached hydrogen (secondary N) is 1. The molecule has 0 saturated carbocycles. The summed E-state index contributed by atoms with van der Waals surface area (Å²) in [5.74, 6) is 0. The lowest BCUT2D eigenvalue weighted by molar-refractivity contribution is 0.0932. The first-order valence-electron chi connectivity index (χ1n) is 5.90. The van der Waals surface area contributed by atoms with Crippen molar-refractivity contribution in [1.29, 1.82) is 0 Å². The lowest BCUT2D eigenvalue weighted by atomic mass is 10.2. The summed E-state index contributed by atoms with van der Waals surface area (Å²) in [5, 5.41) is 16.3. The molecule has 18 heavy (non-hydrogen) atoms. The Morgan fingerprint density at radius 1 is 1.11 bits per heavy atom. The number of hydrogen-bond donors (Lipinski definition) is 2. The van der Waals surface area contributed by atoms with E-state index in [9.17, 15) is 0 Å². The third kappa shape index (κ3) is 3.90. The van der Waals surface area contributed by atoms with Gasteiger partial charge in [0.25, 0.3) is 0 Å². The van der Waals surface area contributed by atoms with Gasteiger partial charge in [-0.1, -0.05) is 12.1 Å². The van der Waals surface area contributed by atoms with E-state index in [4.69, 9.17) is 9.84 Å². The third-order valence-corrected chi connectivity index (χ3v) is 4.36. The summed E-state index contributed by atoms with van der Waals surface area (Å²) in [5.41, 5.74) is 0. The Labute approximate surface area is 115 Å². The van der Waals surface area contributed by atoms with Crippen molar-refractivity contribution in [3.05, 3.63) is 44.8 Å². The van der Waals surface area contributed by atoms with Crippen LogP contribution in [0, 0.1) is 0 Å². The van der Waals surface area contributed by atoms with E-state index >= 15 is 0 Å². The number of rotatable bonds is 8. The fraction of sp³-hybridized carbons (Fsp3) is 0.385. The Bertz CT molecular complexity index is 380. The number of ether oxygens (including phenoxy) is 1. The van der Waals surface area contributed by atoms with Crippen LogP contribution in [0.5, 0.6) is 0 Å². The van der Waals surface area contributed by atoms with Crippen molar-refractivity contribution in [1.82, 2.24) is 5.32 Å². The van der Waals surface area contributed by atoms with Gasteiger partial charge in [0, 0.05) is 16.3 Å². The minimum atomic E-state index is 0.0826. The standard InChI is InChI=1S/C13H17NO2S2/c15-6-8-16-7-5-14-13(11-3-1-9-17-11)12-4-2-10-18-12/h1-4,9-10,13-15H,5-8H2. The number of aliphatic hydroxyl groups excluding tert-OH is 1. The van der Waals surface area contributed by atoms with Crippen molar-refractivity contribution in [3.8, 4) is 0 Å². The van der Waals surface area contributed by atoms with Crippen LogP contribution in [0.15, 0.2) is 35.0 Å². The summed E-state index contributed by atoms with van der Waals surface area (Å²) in [6.45, 7) is 1.89. The Morgan fingerprint density at radius 2 is 1.78 bits per heavy atom. The molecule has 0 aliphatic heterocycles. The van der Waals surface area contributed by atoms with Gasteiger partial charge in [-0.3, -0.25) is 0 Å². The van der Waals surface area contributed by atoms with Gasteiger partial charge >= 0.3 is 0 Å². The normalized spacial score (nSPS) is 11.2. The van der Waals surface area contributed by atoms with Crippen LogP contribution in [-0.4, -0.2) is 31.5 Å². The Balaban J connectivity index is 1.90. The zero-order valence-corrected chi connectivity index (χ0v) is 11.7. The maximum atomic E-state index is 8.63. The van der Waals surface area contributed by atoms with Crippen molar-refractivity contribution in [3.63, 3.8) is 0 Å². The number of hydrogen-bond acceptors (Lipinski definition) is 5. The Kier molecular flexibility index (Phi) is 5.83. The van der Waals surface area contributed by atoms with Crippen LogP contribution in [0.1, 0.15) is 15.8 Å². The van der Waals surface area contributed by atoms with Crippen molar-refractivity contribution in [2.45, 2.75) is 6.04 Å². The number of aliphatic hydroxyl groups is 1. The highest BCUT2D eigenvalue weighted by atomic mass is 32.1. The second kappa shape index (κ2) is 7.66. The molecule has 5 heteroatoms. The van der Waals surface area contributed by atoms with Gasteiger partial charge in [0.2, 0.25) is 0 Å². The molecule has 0 aliphatic carbocycles. The van der Waals surface area contributed by atoms with Gasteiger partial charge in [0.05, 0.1) is 25.9 Å². The predicted octanol–water partition coefficient (Wildman–Crippen LogP) is 2.50. The van der Waals surface area contributed by atoms with Crippen molar-refractivity contribution in [2.75, 3.05) is 26.4 Å². The topological polar surface area (TPSA) is 41.5 Å². The molecule has 2 aromatic rings. The molecule has 2 N–H and O–H groups in total. The largest absolute Gasteiger partial charge is 0.394 e. The Morgan fingerprint density at radius 3 is 2.28 bits per heavy atom. The maximum absolute atomic E-state index is 8.63. The van der Waals surface area contributed by atoms with Crippen molar-refractivity contribution < 1.29 is 9.84 Å². The van der Waals surface area contributed by atoms with E-state index in [0.717, 1.165) is 6.54 Å². The summed E-state index contributed by atoms with van der Waals surface area (Å²) in [6, 6.07) is 8.70. The minimum Gasteiger partial charge on any atom is -0.394 e. The molecule has 98 valence electrons. The summed E-state index contributed by atoms with van der Waals surface area (Å²) < 4.78 is 5.26. The second-order valence-corrected chi connectivity index (χ2v) is 5.71. The molecule has 0 aromatic carbocycles. The van der Waals surface area contributed by atoms with E-state index in [1.54, 1.807) is 22.7 Å². The van der Waals surface area contributed by atoms with E-state index in [0.29, 0.717) is 13.2 Å². The van der Waals surface area contributed by atoms with Crippen LogP contribution in [0.4, 0.5) is 0 Å². The average Bonchev–Trinajstić information content (AvgIpc) is 3.06. The maximum Gasteiger partial charge on any atom is 0.0765 e. The molecule has 0 aliphatic rings. The average molecular weight is 283 g/mol. The molecule has 0 radical (unpaired) electrons. The molecule has 2 aromatic heterocycles. The monoisotopic (exact) mass is 283 g/mol. The predicted molar refractivity (Wildman–Crippen MR) is 76.4 cm³/mol. The first-order chi connectivity index (χ1) is 8.92. The molecule has 3 nitrogen and oxygen atoms in total. The van der Waals surface area contributed by atoms with Crippen LogP contribution in [0.2, 0.25) is 0 Å². The van der Waals surface area contributed by atoms with Crippen LogP contribution in [0.3, 0.4) is 0 Å². The van der Waals surface area contributed by atoms with Gasteiger partial charge in [0.15, 0.2) is 0 Å². The number of thiophene rings is 2. The molecular weight excluding hydrogens is 266 g/mol. The first kappa shape index (κ1) is 13.7. The lowest BCUT2D eigenvalue weighted by Crippen LogP contribution is -2.25. The van der Waals surface area contributed by atoms with Crippen molar-refractivity contribution in [2.24, 2.45) is 0 Å². The minimum absolute atomic E-state index is 0.0826. The highest BCUT2D eigenvalue weighted by molar-refractivity contribution is 7.11. The van der Waals surface area contributed by atoms with E-state index in [2.05, 4.69) is 40.3 Å². The van der Waals surface area contributed by atoms with Crippen LogP contribution >= 0.6 is 22.7 Å². The molecular formula is C13H17NO2S2. The molecule has 0 saturated heterocycles. The van der Waals surface area contributed by atoms with Crippen LogP contribution < -0.4 is 5.32 Å². The van der Waals surface area contributed by atoms with Crippen LogP contribution in [0.25, 0.3) is 0 Å².